The highest BCUT2D eigenvalue weighted by Crippen LogP contribution is 2.24. The summed E-state index contributed by atoms with van der Waals surface area (Å²) in [5.74, 6) is -1.07. The van der Waals surface area contributed by atoms with Crippen molar-refractivity contribution < 1.29 is 18.4 Å². The van der Waals surface area contributed by atoms with Crippen LogP contribution in [-0.2, 0) is 11.3 Å². The number of hydrogen-bond donors (Lipinski definition) is 0. The predicted octanol–water partition coefficient (Wildman–Crippen LogP) is 2.89. The molecule has 4 rings (SSSR count). The van der Waals surface area contributed by atoms with Crippen molar-refractivity contribution in [3.05, 3.63) is 64.0 Å². The van der Waals surface area contributed by atoms with E-state index in [0.717, 1.165) is 5.52 Å². The summed E-state index contributed by atoms with van der Waals surface area (Å²) in [5.41, 5.74) is 2.05. The fourth-order valence-corrected chi connectivity index (χ4v) is 3.04. The molecule has 0 unspecified atom stereocenters. The number of benzene rings is 1. The zero-order chi connectivity index (χ0) is 21.4. The maximum Gasteiger partial charge on any atom is 0.519 e. The van der Waals surface area contributed by atoms with Crippen LogP contribution in [0.3, 0.4) is 0 Å². The minimum absolute atomic E-state index is 0.106. The van der Waals surface area contributed by atoms with Crippen LogP contribution < -0.4 is 5.82 Å². The van der Waals surface area contributed by atoms with Gasteiger partial charge in [0.25, 0.3) is 0 Å². The molecular weight excluding hydrogens is 390 g/mol. The minimum atomic E-state index is -0.848. The number of rotatable bonds is 5. The Morgan fingerprint density at radius 3 is 2.80 bits per heavy atom. The number of aryl methyl sites for hydroxylation is 1. The highest BCUT2D eigenvalue weighted by Gasteiger charge is 2.17. The zero-order valence-corrected chi connectivity index (χ0v) is 16.4. The van der Waals surface area contributed by atoms with Crippen LogP contribution in [0.5, 0.6) is 0 Å². The molecule has 10 nitrogen and oxygen atoms in total. The number of esters is 1. The summed E-state index contributed by atoms with van der Waals surface area (Å²) >= 11 is 0. The Balaban J connectivity index is 1.58. The van der Waals surface area contributed by atoms with Gasteiger partial charge in [-0.3, -0.25) is 4.68 Å². The van der Waals surface area contributed by atoms with Gasteiger partial charge in [-0.25, -0.2) is 14.3 Å². The molecule has 0 atom stereocenters. The van der Waals surface area contributed by atoms with Crippen molar-refractivity contribution in [3.63, 3.8) is 0 Å². The van der Waals surface area contributed by atoms with Gasteiger partial charge in [-0.1, -0.05) is 0 Å². The van der Waals surface area contributed by atoms with Gasteiger partial charge >= 0.3 is 11.8 Å². The first-order valence-corrected chi connectivity index (χ1v) is 9.11. The highest BCUT2D eigenvalue weighted by molar-refractivity contribution is 5.89. The number of fused-ring (bicyclic) bond motifs is 1. The lowest BCUT2D eigenvalue weighted by Gasteiger charge is -2.07. The lowest BCUT2D eigenvalue weighted by molar-refractivity contribution is 0.0443. The number of hydrogen-bond acceptors (Lipinski definition) is 8. The van der Waals surface area contributed by atoms with Crippen molar-refractivity contribution in [2.75, 3.05) is 0 Å². The molecular formula is C20H17N5O5. The third-order valence-corrected chi connectivity index (χ3v) is 4.54. The third-order valence-electron chi connectivity index (χ3n) is 4.54. The van der Waals surface area contributed by atoms with Crippen LogP contribution in [0, 0.1) is 18.3 Å². The van der Waals surface area contributed by atoms with E-state index in [4.69, 9.17) is 13.6 Å². The van der Waals surface area contributed by atoms with Gasteiger partial charge in [0.1, 0.15) is 6.07 Å². The molecule has 0 amide bonds. The van der Waals surface area contributed by atoms with E-state index in [-0.39, 0.29) is 29.7 Å². The Morgan fingerprint density at radius 1 is 1.33 bits per heavy atom. The van der Waals surface area contributed by atoms with Gasteiger partial charge in [0.2, 0.25) is 0 Å². The Kier molecular flexibility index (Phi) is 4.71. The quantitative estimate of drug-likeness (QED) is 0.462. The van der Waals surface area contributed by atoms with Gasteiger partial charge in [0, 0.05) is 17.6 Å². The second-order valence-electron chi connectivity index (χ2n) is 6.88. The molecule has 0 fully saturated rings. The van der Waals surface area contributed by atoms with Crippen LogP contribution in [0.1, 0.15) is 47.5 Å². The van der Waals surface area contributed by atoms with E-state index in [1.807, 2.05) is 26.0 Å². The van der Waals surface area contributed by atoms with Crippen molar-refractivity contribution in [1.82, 2.24) is 19.6 Å². The second-order valence-corrected chi connectivity index (χ2v) is 6.88. The SMILES string of the molecule is Cc1oc(=O)oc1COC(=O)c1cnn(-c2ccc3c(c2)c(C#N)nn3C(C)C)c1. The maximum absolute atomic E-state index is 12.3. The molecule has 0 radical (unpaired) electrons. The largest absolute Gasteiger partial charge is 0.519 e. The molecule has 30 heavy (non-hydrogen) atoms. The van der Waals surface area contributed by atoms with Gasteiger partial charge in [-0.05, 0) is 39.0 Å². The summed E-state index contributed by atoms with van der Waals surface area (Å²) in [7, 11) is 0. The first kappa shape index (κ1) is 19.2. The lowest BCUT2D eigenvalue weighted by Crippen LogP contribution is -2.04. The summed E-state index contributed by atoms with van der Waals surface area (Å²) in [6.07, 6.45) is 2.88. The molecule has 0 aliphatic rings. The Morgan fingerprint density at radius 2 is 2.13 bits per heavy atom. The topological polar surface area (TPSA) is 129 Å². The zero-order valence-electron chi connectivity index (χ0n) is 16.4. The molecule has 0 aliphatic carbocycles. The molecule has 1 aromatic carbocycles. The number of ether oxygens (including phenoxy) is 1. The first-order valence-electron chi connectivity index (χ1n) is 9.11. The van der Waals surface area contributed by atoms with Crippen LogP contribution in [0.2, 0.25) is 0 Å². The molecule has 0 bridgehead atoms. The molecule has 0 spiro atoms. The van der Waals surface area contributed by atoms with Crippen LogP contribution >= 0.6 is 0 Å². The Bertz CT molecular complexity index is 1350. The monoisotopic (exact) mass is 407 g/mol. The average Bonchev–Trinajstić information content (AvgIpc) is 3.42. The van der Waals surface area contributed by atoms with Crippen molar-refractivity contribution in [2.45, 2.75) is 33.4 Å². The molecule has 0 aliphatic heterocycles. The van der Waals surface area contributed by atoms with Crippen LogP contribution in [0.4, 0.5) is 0 Å². The van der Waals surface area contributed by atoms with Crippen molar-refractivity contribution in [3.8, 4) is 11.8 Å². The van der Waals surface area contributed by atoms with Gasteiger partial charge < -0.3 is 13.6 Å². The molecule has 10 heteroatoms. The Labute approximate surface area is 169 Å². The lowest BCUT2D eigenvalue weighted by atomic mass is 10.2. The fraction of sp³-hybridized carbons (Fsp3) is 0.250. The third kappa shape index (κ3) is 3.37. The van der Waals surface area contributed by atoms with Crippen molar-refractivity contribution >= 4 is 16.9 Å². The Hall–Kier alpha value is -4.13. The molecule has 152 valence electrons. The van der Waals surface area contributed by atoms with Gasteiger partial charge in [0.05, 0.1) is 23.0 Å². The van der Waals surface area contributed by atoms with E-state index in [1.165, 1.54) is 17.1 Å². The standard InChI is InChI=1S/C20H17N5O5/c1-11(2)25-17-5-4-14(6-15(17)16(7-21)23-25)24-9-13(8-22-24)19(26)28-10-18-12(3)29-20(27)30-18/h4-6,8-9,11H,10H2,1-3H3. The minimum Gasteiger partial charge on any atom is -0.454 e. The van der Waals surface area contributed by atoms with E-state index in [2.05, 4.69) is 16.3 Å². The van der Waals surface area contributed by atoms with E-state index >= 15 is 0 Å². The van der Waals surface area contributed by atoms with E-state index < -0.39 is 11.8 Å². The van der Waals surface area contributed by atoms with Crippen LogP contribution in [0.25, 0.3) is 16.6 Å². The number of carbonyl (C=O) groups is 1. The summed E-state index contributed by atoms with van der Waals surface area (Å²) in [4.78, 5) is 23.3. The summed E-state index contributed by atoms with van der Waals surface area (Å²) in [5, 5.41) is 18.7. The maximum atomic E-state index is 12.3. The molecule has 4 aromatic rings. The molecule has 0 saturated heterocycles. The van der Waals surface area contributed by atoms with E-state index in [9.17, 15) is 14.9 Å². The van der Waals surface area contributed by atoms with Crippen molar-refractivity contribution in [2.24, 2.45) is 0 Å². The summed E-state index contributed by atoms with van der Waals surface area (Å²) in [6.45, 7) is 5.29. The van der Waals surface area contributed by atoms with Crippen LogP contribution in [0.15, 0.2) is 44.2 Å². The molecule has 0 N–H and O–H groups in total. The number of carbonyl (C=O) groups excluding carboxylic acids is 1. The van der Waals surface area contributed by atoms with Gasteiger partial charge in [0.15, 0.2) is 23.8 Å². The number of nitrogens with zero attached hydrogens (tertiary/aromatic N) is 5. The normalized spacial score (nSPS) is 11.2. The van der Waals surface area contributed by atoms with Gasteiger partial charge in [-0.2, -0.15) is 15.5 Å². The average molecular weight is 407 g/mol. The molecule has 3 heterocycles. The van der Waals surface area contributed by atoms with Crippen LogP contribution in [-0.4, -0.2) is 25.5 Å². The summed E-state index contributed by atoms with van der Waals surface area (Å²) < 4.78 is 18.0. The predicted molar refractivity (Wildman–Crippen MR) is 103 cm³/mol. The van der Waals surface area contributed by atoms with Crippen molar-refractivity contribution in [1.29, 1.82) is 5.26 Å². The van der Waals surface area contributed by atoms with Gasteiger partial charge in [-0.15, -0.1) is 0 Å². The second kappa shape index (κ2) is 7.36. The fourth-order valence-electron chi connectivity index (χ4n) is 3.04. The summed E-state index contributed by atoms with van der Waals surface area (Å²) in [6, 6.07) is 7.71. The first-order chi connectivity index (χ1) is 14.4. The number of aromatic nitrogens is 4. The smallest absolute Gasteiger partial charge is 0.454 e. The highest BCUT2D eigenvalue weighted by atomic mass is 16.6. The van der Waals surface area contributed by atoms with E-state index in [0.29, 0.717) is 16.8 Å². The number of nitriles is 1. The molecule has 3 aromatic heterocycles. The van der Waals surface area contributed by atoms with E-state index in [1.54, 1.807) is 17.7 Å². The molecule has 0 saturated carbocycles.